The third-order valence-electron chi connectivity index (χ3n) is 4.46. The molecule has 1 aliphatic heterocycles. The minimum atomic E-state index is 0.372. The molecule has 0 spiro atoms. The van der Waals surface area contributed by atoms with E-state index >= 15 is 0 Å². The molecule has 1 saturated heterocycles. The van der Waals surface area contributed by atoms with Crippen molar-refractivity contribution < 1.29 is 0 Å². The second-order valence-corrected chi connectivity index (χ2v) is 7.93. The molecule has 1 heterocycles. The van der Waals surface area contributed by atoms with Crippen LogP contribution in [0.1, 0.15) is 54.4 Å². The van der Waals surface area contributed by atoms with Crippen molar-refractivity contribution >= 4 is 0 Å². The fraction of sp³-hybridized carbons (Fsp3) is 0.875. The maximum atomic E-state index is 4.21. The van der Waals surface area contributed by atoms with Crippen molar-refractivity contribution in [2.24, 2.45) is 22.7 Å². The van der Waals surface area contributed by atoms with Gasteiger partial charge in [0.25, 0.3) is 0 Å². The SMILES string of the molecule is C=C1CCC(C(C)(C)C)C(C(C)(C)C)CN1C. The largest absolute Gasteiger partial charge is 0.378 e. The molecular formula is C16H31N. The van der Waals surface area contributed by atoms with Gasteiger partial charge in [0.2, 0.25) is 0 Å². The van der Waals surface area contributed by atoms with E-state index < -0.39 is 0 Å². The molecule has 0 N–H and O–H groups in total. The minimum absolute atomic E-state index is 0.372. The molecule has 0 saturated carbocycles. The van der Waals surface area contributed by atoms with Crippen LogP contribution < -0.4 is 0 Å². The van der Waals surface area contributed by atoms with Gasteiger partial charge in [0.05, 0.1) is 0 Å². The van der Waals surface area contributed by atoms with Gasteiger partial charge in [-0.2, -0.15) is 0 Å². The Kier molecular flexibility index (Phi) is 4.01. The van der Waals surface area contributed by atoms with Crippen molar-refractivity contribution in [2.45, 2.75) is 54.4 Å². The second kappa shape index (κ2) is 4.66. The smallest absolute Gasteiger partial charge is 0.0207 e. The summed E-state index contributed by atoms with van der Waals surface area (Å²) < 4.78 is 0. The standard InChI is InChI=1S/C16H31N/c1-12-9-10-13(15(2,3)4)14(11-17(12)8)16(5,6)7/h13-14H,1,9-11H2,2-8H3. The van der Waals surface area contributed by atoms with Gasteiger partial charge >= 0.3 is 0 Å². The number of likely N-dealkylation sites (tertiary alicyclic amines) is 1. The molecule has 1 fully saturated rings. The third-order valence-corrected chi connectivity index (χ3v) is 4.46. The highest BCUT2D eigenvalue weighted by Gasteiger charge is 2.40. The molecule has 17 heavy (non-hydrogen) atoms. The molecule has 1 nitrogen and oxygen atoms in total. The average Bonchev–Trinajstić information content (AvgIpc) is 2.25. The van der Waals surface area contributed by atoms with Crippen molar-refractivity contribution in [3.63, 3.8) is 0 Å². The van der Waals surface area contributed by atoms with Crippen LogP contribution in [-0.4, -0.2) is 18.5 Å². The highest BCUT2D eigenvalue weighted by atomic mass is 15.1. The molecule has 100 valence electrons. The van der Waals surface area contributed by atoms with Crippen molar-refractivity contribution in [2.75, 3.05) is 13.6 Å². The molecule has 0 aromatic rings. The summed E-state index contributed by atoms with van der Waals surface area (Å²) in [5.74, 6) is 1.52. The van der Waals surface area contributed by atoms with E-state index in [1.54, 1.807) is 0 Å². The maximum Gasteiger partial charge on any atom is 0.0207 e. The van der Waals surface area contributed by atoms with E-state index in [1.165, 1.54) is 12.1 Å². The van der Waals surface area contributed by atoms with Gasteiger partial charge in [0.1, 0.15) is 0 Å². The van der Waals surface area contributed by atoms with Crippen LogP contribution in [0.5, 0.6) is 0 Å². The van der Waals surface area contributed by atoms with Gasteiger partial charge < -0.3 is 4.90 Å². The Hall–Kier alpha value is -0.460. The van der Waals surface area contributed by atoms with Crippen molar-refractivity contribution in [1.82, 2.24) is 4.90 Å². The number of hydrogen-bond donors (Lipinski definition) is 0. The molecule has 0 aromatic heterocycles. The zero-order valence-electron chi connectivity index (χ0n) is 12.9. The summed E-state index contributed by atoms with van der Waals surface area (Å²) in [7, 11) is 2.20. The lowest BCUT2D eigenvalue weighted by atomic mass is 9.63. The fourth-order valence-electron chi connectivity index (χ4n) is 3.18. The lowest BCUT2D eigenvalue weighted by Gasteiger charge is -2.43. The summed E-state index contributed by atoms with van der Waals surface area (Å²) in [6.45, 7) is 19.7. The van der Waals surface area contributed by atoms with Crippen LogP contribution >= 0.6 is 0 Å². The monoisotopic (exact) mass is 237 g/mol. The highest BCUT2D eigenvalue weighted by molar-refractivity contribution is 5.01. The fourth-order valence-corrected chi connectivity index (χ4v) is 3.18. The first-order valence-corrected chi connectivity index (χ1v) is 6.92. The summed E-state index contributed by atoms with van der Waals surface area (Å²) in [5.41, 5.74) is 2.08. The number of nitrogens with zero attached hydrogens (tertiary/aromatic N) is 1. The van der Waals surface area contributed by atoms with Crippen LogP contribution in [0.3, 0.4) is 0 Å². The Balaban J connectivity index is 3.03. The van der Waals surface area contributed by atoms with Crippen LogP contribution in [0.2, 0.25) is 0 Å². The first kappa shape index (κ1) is 14.6. The van der Waals surface area contributed by atoms with E-state index in [0.717, 1.165) is 24.8 Å². The minimum Gasteiger partial charge on any atom is -0.378 e. The van der Waals surface area contributed by atoms with Crippen LogP contribution in [-0.2, 0) is 0 Å². The quantitative estimate of drug-likeness (QED) is 0.597. The molecule has 1 heteroatoms. The lowest BCUT2D eigenvalue weighted by Crippen LogP contribution is -2.40. The van der Waals surface area contributed by atoms with Crippen molar-refractivity contribution in [1.29, 1.82) is 0 Å². The van der Waals surface area contributed by atoms with Gasteiger partial charge in [-0.3, -0.25) is 0 Å². The summed E-state index contributed by atoms with van der Waals surface area (Å²) >= 11 is 0. The predicted molar refractivity (Wildman–Crippen MR) is 76.9 cm³/mol. The summed E-state index contributed by atoms with van der Waals surface area (Å²) in [4.78, 5) is 2.38. The van der Waals surface area contributed by atoms with Gasteiger partial charge in [-0.15, -0.1) is 0 Å². The van der Waals surface area contributed by atoms with E-state index in [-0.39, 0.29) is 0 Å². The second-order valence-electron chi connectivity index (χ2n) is 7.93. The molecule has 0 bridgehead atoms. The zero-order valence-corrected chi connectivity index (χ0v) is 12.9. The first-order valence-electron chi connectivity index (χ1n) is 6.92. The zero-order chi connectivity index (χ0) is 13.4. The van der Waals surface area contributed by atoms with Gasteiger partial charge in [0.15, 0.2) is 0 Å². The number of allylic oxidation sites excluding steroid dienone is 1. The van der Waals surface area contributed by atoms with Gasteiger partial charge in [-0.25, -0.2) is 0 Å². The molecule has 0 amide bonds. The van der Waals surface area contributed by atoms with E-state index in [9.17, 15) is 0 Å². The Morgan fingerprint density at radius 1 is 1.00 bits per heavy atom. The highest BCUT2D eigenvalue weighted by Crippen LogP contribution is 2.46. The van der Waals surface area contributed by atoms with E-state index in [2.05, 4.69) is 60.1 Å². The van der Waals surface area contributed by atoms with E-state index in [4.69, 9.17) is 0 Å². The topological polar surface area (TPSA) is 3.24 Å². The molecule has 2 unspecified atom stereocenters. The van der Waals surface area contributed by atoms with Crippen LogP contribution in [0.4, 0.5) is 0 Å². The number of rotatable bonds is 0. The van der Waals surface area contributed by atoms with Crippen LogP contribution in [0.15, 0.2) is 12.3 Å². The molecule has 0 aromatic carbocycles. The van der Waals surface area contributed by atoms with E-state index in [1.807, 2.05) is 0 Å². The molecule has 0 radical (unpaired) electrons. The Labute approximate surface area is 108 Å². The third kappa shape index (κ3) is 3.50. The molecule has 1 aliphatic rings. The van der Waals surface area contributed by atoms with Gasteiger partial charge in [-0.05, 0) is 35.5 Å². The van der Waals surface area contributed by atoms with E-state index in [0.29, 0.717) is 10.8 Å². The van der Waals surface area contributed by atoms with Crippen molar-refractivity contribution in [3.05, 3.63) is 12.3 Å². The Bertz CT molecular complexity index is 277. The van der Waals surface area contributed by atoms with Crippen LogP contribution in [0, 0.1) is 22.7 Å². The summed E-state index contributed by atoms with van der Waals surface area (Å²) in [6, 6.07) is 0. The normalized spacial score (nSPS) is 28.2. The van der Waals surface area contributed by atoms with Gasteiger partial charge in [0, 0.05) is 19.3 Å². The van der Waals surface area contributed by atoms with Crippen LogP contribution in [0.25, 0.3) is 0 Å². The Morgan fingerprint density at radius 2 is 1.47 bits per heavy atom. The van der Waals surface area contributed by atoms with Crippen molar-refractivity contribution in [3.8, 4) is 0 Å². The molecule has 0 aliphatic carbocycles. The first-order chi connectivity index (χ1) is 7.53. The molecular weight excluding hydrogens is 206 g/mol. The van der Waals surface area contributed by atoms with Gasteiger partial charge in [-0.1, -0.05) is 48.1 Å². The average molecular weight is 237 g/mol. The maximum absolute atomic E-state index is 4.21. The Morgan fingerprint density at radius 3 is 1.88 bits per heavy atom. The summed E-state index contributed by atoms with van der Waals surface area (Å²) in [5, 5.41) is 0. The predicted octanol–water partition coefficient (Wildman–Crippen LogP) is 4.55. The molecule has 2 atom stereocenters. The summed E-state index contributed by atoms with van der Waals surface area (Å²) in [6.07, 6.45) is 2.44. The lowest BCUT2D eigenvalue weighted by molar-refractivity contribution is 0.0592. The molecule has 1 rings (SSSR count). The number of hydrogen-bond acceptors (Lipinski definition) is 1.